The highest BCUT2D eigenvalue weighted by atomic mass is 16.1. The Labute approximate surface area is 137 Å². The van der Waals surface area contributed by atoms with E-state index in [1.54, 1.807) is 0 Å². The van der Waals surface area contributed by atoms with Crippen LogP contribution < -0.4 is 10.6 Å². The van der Waals surface area contributed by atoms with E-state index in [2.05, 4.69) is 31.4 Å². The summed E-state index contributed by atoms with van der Waals surface area (Å²) in [5, 5.41) is 6.75. The van der Waals surface area contributed by atoms with Gasteiger partial charge in [-0.2, -0.15) is 0 Å². The number of carbonyl (C=O) groups is 1. The molecule has 128 valence electrons. The Morgan fingerprint density at radius 3 is 2.45 bits per heavy atom. The van der Waals surface area contributed by atoms with E-state index in [1.807, 2.05) is 0 Å². The largest absolute Gasteiger partial charge is 0.353 e. The van der Waals surface area contributed by atoms with E-state index in [0.29, 0.717) is 18.4 Å². The molecule has 2 atom stereocenters. The highest BCUT2D eigenvalue weighted by Gasteiger charge is 2.29. The van der Waals surface area contributed by atoms with Gasteiger partial charge in [0.05, 0.1) is 0 Å². The van der Waals surface area contributed by atoms with Crippen LogP contribution in [0.1, 0.15) is 78.6 Å². The Balaban J connectivity index is 1.78. The first kappa shape index (κ1) is 17.8. The molecule has 2 fully saturated rings. The molecule has 2 N–H and O–H groups in total. The molecule has 1 aliphatic heterocycles. The van der Waals surface area contributed by atoms with Gasteiger partial charge < -0.3 is 10.6 Å². The molecule has 0 bridgehead atoms. The predicted octanol–water partition coefficient (Wildman–Crippen LogP) is 3.88. The summed E-state index contributed by atoms with van der Waals surface area (Å²) in [5.74, 6) is 1.79. The standard InChI is InChI=1S/C19H36N2O/c1-19(2,3)17(13-15-7-5-4-6-8-15)21-18(22)10-9-16-11-12-20-14-16/h15-17,20H,4-14H2,1-3H3,(H,21,22). The molecule has 1 saturated carbocycles. The van der Waals surface area contributed by atoms with E-state index >= 15 is 0 Å². The minimum Gasteiger partial charge on any atom is -0.353 e. The Kier molecular flexibility index (Phi) is 6.73. The maximum atomic E-state index is 12.4. The first-order valence-electron chi connectivity index (χ1n) is 9.45. The molecule has 1 aliphatic carbocycles. The quantitative estimate of drug-likeness (QED) is 0.782. The predicted molar refractivity (Wildman–Crippen MR) is 92.8 cm³/mol. The van der Waals surface area contributed by atoms with Crippen LogP contribution in [0.3, 0.4) is 0 Å². The third kappa shape index (κ3) is 5.91. The molecular weight excluding hydrogens is 272 g/mol. The number of hydrogen-bond acceptors (Lipinski definition) is 2. The van der Waals surface area contributed by atoms with Crippen LogP contribution in [0, 0.1) is 17.3 Å². The van der Waals surface area contributed by atoms with Gasteiger partial charge in [-0.1, -0.05) is 52.9 Å². The first-order valence-corrected chi connectivity index (χ1v) is 9.45. The summed E-state index contributed by atoms with van der Waals surface area (Å²) in [6.07, 6.45) is 11.0. The minimum absolute atomic E-state index is 0.155. The molecule has 0 aromatic rings. The van der Waals surface area contributed by atoms with E-state index in [-0.39, 0.29) is 11.3 Å². The van der Waals surface area contributed by atoms with Crippen molar-refractivity contribution < 1.29 is 4.79 Å². The van der Waals surface area contributed by atoms with Gasteiger partial charge >= 0.3 is 0 Å². The van der Waals surface area contributed by atoms with Gasteiger partial charge in [-0.25, -0.2) is 0 Å². The molecule has 2 aliphatic rings. The lowest BCUT2D eigenvalue weighted by atomic mass is 9.77. The van der Waals surface area contributed by atoms with Crippen LogP contribution in [0.25, 0.3) is 0 Å². The second kappa shape index (κ2) is 8.33. The zero-order chi connectivity index (χ0) is 16.0. The summed E-state index contributed by atoms with van der Waals surface area (Å²) in [4.78, 5) is 12.4. The Morgan fingerprint density at radius 1 is 1.14 bits per heavy atom. The van der Waals surface area contributed by atoms with Gasteiger partial charge in [0.2, 0.25) is 5.91 Å². The van der Waals surface area contributed by atoms with E-state index in [9.17, 15) is 4.79 Å². The molecule has 2 rings (SSSR count). The summed E-state index contributed by atoms with van der Waals surface area (Å²) in [7, 11) is 0. The third-order valence-electron chi connectivity index (χ3n) is 5.62. The highest BCUT2D eigenvalue weighted by Crippen LogP contribution is 2.32. The Hall–Kier alpha value is -0.570. The lowest BCUT2D eigenvalue weighted by Gasteiger charge is -2.35. The molecule has 22 heavy (non-hydrogen) atoms. The van der Waals surface area contributed by atoms with Crippen LogP contribution in [0.4, 0.5) is 0 Å². The molecule has 1 heterocycles. The fourth-order valence-electron chi connectivity index (χ4n) is 3.95. The lowest BCUT2D eigenvalue weighted by Crippen LogP contribution is -2.45. The topological polar surface area (TPSA) is 41.1 Å². The van der Waals surface area contributed by atoms with Gasteiger partial charge in [0.25, 0.3) is 0 Å². The van der Waals surface area contributed by atoms with Gasteiger partial charge in [-0.3, -0.25) is 4.79 Å². The van der Waals surface area contributed by atoms with Gasteiger partial charge in [-0.05, 0) is 49.6 Å². The maximum absolute atomic E-state index is 12.4. The molecule has 1 saturated heterocycles. The fourth-order valence-corrected chi connectivity index (χ4v) is 3.95. The van der Waals surface area contributed by atoms with Crippen LogP contribution >= 0.6 is 0 Å². The molecule has 0 spiro atoms. The van der Waals surface area contributed by atoms with E-state index < -0.39 is 0 Å². The van der Waals surface area contributed by atoms with Gasteiger partial charge in [0.15, 0.2) is 0 Å². The normalized spacial score (nSPS) is 25.1. The smallest absolute Gasteiger partial charge is 0.220 e. The van der Waals surface area contributed by atoms with Crippen molar-refractivity contribution in [1.29, 1.82) is 0 Å². The number of carbonyl (C=O) groups excluding carboxylic acids is 1. The summed E-state index contributed by atoms with van der Waals surface area (Å²) in [6.45, 7) is 9.02. The van der Waals surface area contributed by atoms with Crippen molar-refractivity contribution in [2.75, 3.05) is 13.1 Å². The molecule has 0 aromatic heterocycles. The monoisotopic (exact) mass is 308 g/mol. The van der Waals surface area contributed by atoms with Crippen LogP contribution in [-0.2, 0) is 4.79 Å². The Bertz CT molecular complexity index is 336. The second-order valence-corrected chi connectivity index (χ2v) is 8.62. The summed E-state index contributed by atoms with van der Waals surface area (Å²) in [6, 6.07) is 0.324. The average molecular weight is 309 g/mol. The number of amides is 1. The maximum Gasteiger partial charge on any atom is 0.220 e. The minimum atomic E-state index is 0.155. The van der Waals surface area contributed by atoms with Crippen molar-refractivity contribution in [3.8, 4) is 0 Å². The van der Waals surface area contributed by atoms with Crippen LogP contribution in [-0.4, -0.2) is 25.0 Å². The van der Waals surface area contributed by atoms with E-state index in [0.717, 1.165) is 25.4 Å². The SMILES string of the molecule is CC(C)(C)C(CC1CCCCC1)NC(=O)CCC1CCNC1. The van der Waals surface area contributed by atoms with Crippen molar-refractivity contribution in [3.05, 3.63) is 0 Å². The number of rotatable bonds is 6. The average Bonchev–Trinajstić information content (AvgIpc) is 2.98. The number of hydrogen-bond donors (Lipinski definition) is 2. The van der Waals surface area contributed by atoms with E-state index in [4.69, 9.17) is 0 Å². The molecule has 1 amide bonds. The molecule has 0 radical (unpaired) electrons. The van der Waals surface area contributed by atoms with Crippen LogP contribution in [0.5, 0.6) is 0 Å². The van der Waals surface area contributed by atoms with Gasteiger partial charge in [-0.15, -0.1) is 0 Å². The van der Waals surface area contributed by atoms with Gasteiger partial charge in [0.1, 0.15) is 0 Å². The van der Waals surface area contributed by atoms with Crippen molar-refractivity contribution in [3.63, 3.8) is 0 Å². The van der Waals surface area contributed by atoms with Crippen molar-refractivity contribution in [2.45, 2.75) is 84.6 Å². The second-order valence-electron chi connectivity index (χ2n) is 8.62. The summed E-state index contributed by atoms with van der Waals surface area (Å²) in [5.41, 5.74) is 0.155. The lowest BCUT2D eigenvalue weighted by molar-refractivity contribution is -0.123. The van der Waals surface area contributed by atoms with Crippen LogP contribution in [0.2, 0.25) is 0 Å². The highest BCUT2D eigenvalue weighted by molar-refractivity contribution is 5.76. The van der Waals surface area contributed by atoms with Gasteiger partial charge in [0, 0.05) is 12.5 Å². The summed E-state index contributed by atoms with van der Waals surface area (Å²) < 4.78 is 0. The third-order valence-corrected chi connectivity index (χ3v) is 5.62. The Morgan fingerprint density at radius 2 is 1.86 bits per heavy atom. The van der Waals surface area contributed by atoms with E-state index in [1.165, 1.54) is 44.9 Å². The van der Waals surface area contributed by atoms with Crippen molar-refractivity contribution in [2.24, 2.45) is 17.3 Å². The van der Waals surface area contributed by atoms with Crippen molar-refractivity contribution in [1.82, 2.24) is 10.6 Å². The zero-order valence-corrected chi connectivity index (χ0v) is 14.9. The summed E-state index contributed by atoms with van der Waals surface area (Å²) >= 11 is 0. The first-order chi connectivity index (χ1) is 10.4. The zero-order valence-electron chi connectivity index (χ0n) is 14.9. The molecule has 0 aromatic carbocycles. The molecule has 3 nitrogen and oxygen atoms in total. The molecule has 3 heteroatoms. The fraction of sp³-hybridized carbons (Fsp3) is 0.947. The molecule has 2 unspecified atom stereocenters. The van der Waals surface area contributed by atoms with Crippen LogP contribution in [0.15, 0.2) is 0 Å². The molecular formula is C19H36N2O. The van der Waals surface area contributed by atoms with Crippen molar-refractivity contribution >= 4 is 5.91 Å². The number of nitrogens with one attached hydrogen (secondary N) is 2.